The fourth-order valence-electron chi connectivity index (χ4n) is 2.56. The van der Waals surface area contributed by atoms with Gasteiger partial charge in [-0.25, -0.2) is 4.79 Å². The third-order valence-electron chi connectivity index (χ3n) is 3.86. The molecule has 3 amide bonds. The minimum atomic E-state index is -0.738. The van der Waals surface area contributed by atoms with E-state index in [2.05, 4.69) is 26.2 Å². The summed E-state index contributed by atoms with van der Waals surface area (Å²) in [6.45, 7) is 2.38. The number of thioether (sulfide) groups is 1. The molecule has 0 unspecified atom stereocenters. The van der Waals surface area contributed by atoms with Crippen LogP contribution >= 0.6 is 11.8 Å². The zero-order valence-corrected chi connectivity index (χ0v) is 16.7. The van der Waals surface area contributed by atoms with E-state index in [0.29, 0.717) is 28.8 Å². The van der Waals surface area contributed by atoms with Crippen molar-refractivity contribution in [3.8, 4) is 11.4 Å². The predicted octanol–water partition coefficient (Wildman–Crippen LogP) is 2.35. The van der Waals surface area contributed by atoms with Gasteiger partial charge in [-0.2, -0.15) is 4.68 Å². The number of hydrogen-bond acceptors (Lipinski definition) is 7. The SMILES string of the molecule is CCOc1ccccc1-n1nnnc1S[C@H](C(=O)NC(=O)NC)c1ccccc1. The van der Waals surface area contributed by atoms with Crippen molar-refractivity contribution in [2.24, 2.45) is 0 Å². The molecule has 0 aliphatic carbocycles. The molecular weight excluding hydrogens is 392 g/mol. The zero-order chi connectivity index (χ0) is 20.6. The van der Waals surface area contributed by atoms with E-state index in [0.717, 1.165) is 11.8 Å². The van der Waals surface area contributed by atoms with Crippen LogP contribution in [0, 0.1) is 0 Å². The van der Waals surface area contributed by atoms with Gasteiger partial charge in [-0.15, -0.1) is 5.10 Å². The van der Waals surface area contributed by atoms with Crippen molar-refractivity contribution in [2.75, 3.05) is 13.7 Å². The second-order valence-electron chi connectivity index (χ2n) is 5.75. The standard InChI is InChI=1S/C19H20N6O3S/c1-3-28-15-12-8-7-11-14(15)25-19(22-23-24-25)29-16(13-9-5-4-6-10-13)17(26)21-18(27)20-2/h4-12,16H,3H2,1-2H3,(H2,20,21,26,27)/t16-/m0/s1. The van der Waals surface area contributed by atoms with Crippen LogP contribution in [-0.2, 0) is 4.79 Å². The first kappa shape index (κ1) is 20.3. The van der Waals surface area contributed by atoms with E-state index in [4.69, 9.17) is 4.74 Å². The highest BCUT2D eigenvalue weighted by atomic mass is 32.2. The van der Waals surface area contributed by atoms with Crippen LogP contribution in [0.15, 0.2) is 59.8 Å². The van der Waals surface area contributed by atoms with Gasteiger partial charge in [-0.05, 0) is 35.0 Å². The van der Waals surface area contributed by atoms with Crippen molar-refractivity contribution in [3.05, 3.63) is 60.2 Å². The topological polar surface area (TPSA) is 111 Å². The van der Waals surface area contributed by atoms with Gasteiger partial charge in [0.05, 0.1) is 6.61 Å². The van der Waals surface area contributed by atoms with Crippen LogP contribution in [-0.4, -0.2) is 45.8 Å². The van der Waals surface area contributed by atoms with Crippen molar-refractivity contribution in [1.82, 2.24) is 30.8 Å². The van der Waals surface area contributed by atoms with Crippen LogP contribution in [0.2, 0.25) is 0 Å². The number of imide groups is 1. The molecule has 1 aromatic heterocycles. The fourth-order valence-corrected chi connectivity index (χ4v) is 3.55. The summed E-state index contributed by atoms with van der Waals surface area (Å²) in [5.74, 6) is 0.142. The van der Waals surface area contributed by atoms with Crippen LogP contribution in [0.1, 0.15) is 17.7 Å². The maximum atomic E-state index is 12.8. The Morgan fingerprint density at radius 3 is 2.59 bits per heavy atom. The van der Waals surface area contributed by atoms with Crippen molar-refractivity contribution < 1.29 is 14.3 Å². The molecular formula is C19H20N6O3S. The molecule has 10 heteroatoms. The van der Waals surface area contributed by atoms with Crippen LogP contribution in [0.4, 0.5) is 4.79 Å². The summed E-state index contributed by atoms with van der Waals surface area (Å²) >= 11 is 1.14. The van der Waals surface area contributed by atoms with E-state index in [1.165, 1.54) is 11.7 Å². The van der Waals surface area contributed by atoms with Gasteiger partial charge in [0.1, 0.15) is 16.7 Å². The molecule has 150 valence electrons. The monoisotopic (exact) mass is 412 g/mol. The number of urea groups is 1. The number of tetrazole rings is 1. The molecule has 0 saturated carbocycles. The Morgan fingerprint density at radius 1 is 1.14 bits per heavy atom. The number of benzene rings is 2. The van der Waals surface area contributed by atoms with E-state index in [9.17, 15) is 9.59 Å². The first-order chi connectivity index (χ1) is 14.1. The van der Waals surface area contributed by atoms with Gasteiger partial charge in [0.25, 0.3) is 0 Å². The molecule has 0 aliphatic heterocycles. The van der Waals surface area contributed by atoms with Gasteiger partial charge in [0.15, 0.2) is 0 Å². The van der Waals surface area contributed by atoms with Gasteiger partial charge in [-0.1, -0.05) is 54.2 Å². The third kappa shape index (κ3) is 4.91. The number of hydrogen-bond donors (Lipinski definition) is 2. The number of para-hydroxylation sites is 2. The van der Waals surface area contributed by atoms with Crippen molar-refractivity contribution in [3.63, 3.8) is 0 Å². The quantitative estimate of drug-likeness (QED) is 0.573. The molecule has 0 bridgehead atoms. The Hall–Kier alpha value is -3.40. The van der Waals surface area contributed by atoms with Crippen LogP contribution in [0.5, 0.6) is 5.75 Å². The Morgan fingerprint density at radius 2 is 1.86 bits per heavy atom. The summed E-state index contributed by atoms with van der Waals surface area (Å²) in [7, 11) is 1.44. The highest BCUT2D eigenvalue weighted by molar-refractivity contribution is 8.00. The molecule has 9 nitrogen and oxygen atoms in total. The molecule has 0 radical (unpaired) electrons. The number of nitrogens with zero attached hydrogens (tertiary/aromatic N) is 4. The van der Waals surface area contributed by atoms with E-state index >= 15 is 0 Å². The fraction of sp³-hybridized carbons (Fsp3) is 0.211. The Balaban J connectivity index is 1.95. The first-order valence-electron chi connectivity index (χ1n) is 8.88. The second kappa shape index (κ2) is 9.69. The van der Waals surface area contributed by atoms with Gasteiger partial charge in [-0.3, -0.25) is 10.1 Å². The summed E-state index contributed by atoms with van der Waals surface area (Å²) in [5, 5.41) is 16.2. The number of amides is 3. The zero-order valence-electron chi connectivity index (χ0n) is 15.9. The smallest absolute Gasteiger partial charge is 0.321 e. The van der Waals surface area contributed by atoms with Gasteiger partial charge >= 0.3 is 6.03 Å². The van der Waals surface area contributed by atoms with Gasteiger partial charge in [0, 0.05) is 7.05 Å². The highest BCUT2D eigenvalue weighted by Gasteiger charge is 2.27. The molecule has 0 saturated heterocycles. The Kier molecular flexibility index (Phi) is 6.80. The summed E-state index contributed by atoms with van der Waals surface area (Å²) in [4.78, 5) is 24.4. The number of aromatic nitrogens is 4. The average molecular weight is 412 g/mol. The van der Waals surface area contributed by atoms with Crippen LogP contribution in [0.25, 0.3) is 5.69 Å². The number of ether oxygens (including phenoxy) is 1. The van der Waals surface area contributed by atoms with E-state index in [-0.39, 0.29) is 0 Å². The molecule has 2 N–H and O–H groups in total. The second-order valence-corrected chi connectivity index (χ2v) is 6.82. The van der Waals surface area contributed by atoms with Crippen molar-refractivity contribution >= 4 is 23.7 Å². The predicted molar refractivity (Wildman–Crippen MR) is 108 cm³/mol. The molecule has 3 rings (SSSR count). The largest absolute Gasteiger partial charge is 0.492 e. The molecule has 3 aromatic rings. The maximum absolute atomic E-state index is 12.8. The van der Waals surface area contributed by atoms with Crippen LogP contribution < -0.4 is 15.4 Å². The Bertz CT molecular complexity index is 979. The van der Waals surface area contributed by atoms with E-state index < -0.39 is 17.2 Å². The van der Waals surface area contributed by atoms with E-state index in [1.807, 2.05) is 61.5 Å². The molecule has 29 heavy (non-hydrogen) atoms. The Labute approximate surface area is 171 Å². The molecule has 0 fully saturated rings. The summed E-state index contributed by atoms with van der Waals surface area (Å²) in [6, 6.07) is 15.9. The normalized spacial score (nSPS) is 11.5. The molecule has 1 atom stereocenters. The van der Waals surface area contributed by atoms with Crippen LogP contribution in [0.3, 0.4) is 0 Å². The maximum Gasteiger partial charge on any atom is 0.321 e. The van der Waals surface area contributed by atoms with Crippen molar-refractivity contribution in [2.45, 2.75) is 17.3 Å². The lowest BCUT2D eigenvalue weighted by molar-refractivity contribution is -0.119. The number of nitrogens with one attached hydrogen (secondary N) is 2. The number of carbonyl (C=O) groups is 2. The van der Waals surface area contributed by atoms with Gasteiger partial charge in [0.2, 0.25) is 11.1 Å². The summed E-state index contributed by atoms with van der Waals surface area (Å²) in [6.07, 6.45) is 0. The van der Waals surface area contributed by atoms with Crippen molar-refractivity contribution in [1.29, 1.82) is 0 Å². The molecule has 0 aliphatic rings. The lowest BCUT2D eigenvalue weighted by atomic mass is 10.1. The highest BCUT2D eigenvalue weighted by Crippen LogP contribution is 2.36. The molecule has 0 spiro atoms. The summed E-state index contributed by atoms with van der Waals surface area (Å²) < 4.78 is 7.17. The summed E-state index contributed by atoms with van der Waals surface area (Å²) in [5.41, 5.74) is 1.37. The van der Waals surface area contributed by atoms with E-state index in [1.54, 1.807) is 0 Å². The third-order valence-corrected chi connectivity index (χ3v) is 5.05. The lowest BCUT2D eigenvalue weighted by Crippen LogP contribution is -2.39. The van der Waals surface area contributed by atoms with Gasteiger partial charge < -0.3 is 10.1 Å². The lowest BCUT2D eigenvalue weighted by Gasteiger charge is -2.16. The minimum absolute atomic E-state index is 0.387. The first-order valence-corrected chi connectivity index (χ1v) is 9.76. The number of carbonyl (C=O) groups excluding carboxylic acids is 2. The molecule has 2 aromatic carbocycles. The average Bonchev–Trinajstić information content (AvgIpc) is 3.21. The minimum Gasteiger partial charge on any atom is -0.492 e. The number of rotatable bonds is 7. The molecule has 1 heterocycles.